The van der Waals surface area contributed by atoms with Crippen LogP contribution in [-0.2, 0) is 19.8 Å². The summed E-state index contributed by atoms with van der Waals surface area (Å²) in [6, 6.07) is 4.40. The number of amides is 1. The minimum Gasteiger partial charge on any atom is -0.490 e. The lowest BCUT2D eigenvalue weighted by atomic mass is 9.86. The highest BCUT2D eigenvalue weighted by molar-refractivity contribution is 7.09. The van der Waals surface area contributed by atoms with E-state index in [0.29, 0.717) is 25.1 Å². The summed E-state index contributed by atoms with van der Waals surface area (Å²) in [5, 5.41) is 3.02. The molecule has 0 saturated carbocycles. The second-order valence-electron chi connectivity index (χ2n) is 7.35. The number of benzene rings is 1. The molecule has 2 atom stereocenters. The Bertz CT molecular complexity index is 988. The Kier molecular flexibility index (Phi) is 6.64. The van der Waals surface area contributed by atoms with Gasteiger partial charge < -0.3 is 19.1 Å². The van der Waals surface area contributed by atoms with E-state index < -0.39 is 18.6 Å². The van der Waals surface area contributed by atoms with Gasteiger partial charge in [0, 0.05) is 23.9 Å². The van der Waals surface area contributed by atoms with Gasteiger partial charge in [0.05, 0.1) is 28.9 Å². The molecule has 4 rings (SSSR count). The molecule has 12 heteroatoms. The number of piperidine rings is 1. The third-order valence-electron chi connectivity index (χ3n) is 5.37. The van der Waals surface area contributed by atoms with Gasteiger partial charge in [-0.1, -0.05) is 11.6 Å². The van der Waals surface area contributed by atoms with Gasteiger partial charge in [-0.3, -0.25) is 9.53 Å². The topological polar surface area (TPSA) is 70.1 Å². The molecule has 174 valence electrons. The Hall–Kier alpha value is -1.92. The molecule has 0 N–H and O–H groups in total. The van der Waals surface area contributed by atoms with Gasteiger partial charge >= 0.3 is 6.36 Å². The van der Waals surface area contributed by atoms with Crippen LogP contribution in [0.4, 0.5) is 13.2 Å². The highest BCUT2D eigenvalue weighted by atomic mass is 35.5. The highest BCUT2D eigenvalue weighted by Gasteiger charge is 2.52. The van der Waals surface area contributed by atoms with Crippen LogP contribution in [0.5, 0.6) is 5.75 Å². The van der Waals surface area contributed by atoms with Crippen LogP contribution in [0.25, 0.3) is 0 Å². The highest BCUT2D eigenvalue weighted by Crippen LogP contribution is 2.43. The average molecular weight is 493 g/mol. The first-order valence-electron chi connectivity index (χ1n) is 9.78. The molecule has 2 saturated heterocycles. The lowest BCUT2D eigenvalue weighted by molar-refractivity contribution is -0.325. The minimum atomic E-state index is -4.72. The molecule has 2 aliphatic rings. The van der Waals surface area contributed by atoms with Gasteiger partial charge in [0.2, 0.25) is 0 Å². The Morgan fingerprint density at radius 3 is 2.91 bits per heavy atom. The molecule has 0 radical (unpaired) electrons. The second-order valence-corrected chi connectivity index (χ2v) is 8.82. The molecule has 1 aromatic heterocycles. The van der Waals surface area contributed by atoms with Crippen LogP contribution >= 0.6 is 22.9 Å². The SMILES string of the molecule is Cc1nc(C23CCN(C(=O)c4ccc(OCCOC(F)(F)F)c(Cl)c4)CC2OCO3)cs1. The summed E-state index contributed by atoms with van der Waals surface area (Å²) in [6.45, 7) is 1.84. The number of likely N-dealkylation sites (tertiary alicyclic amines) is 1. The van der Waals surface area contributed by atoms with Crippen molar-refractivity contribution in [2.75, 3.05) is 33.1 Å². The first-order valence-corrected chi connectivity index (χ1v) is 11.0. The third-order valence-corrected chi connectivity index (χ3v) is 6.44. The van der Waals surface area contributed by atoms with Crippen LogP contribution in [0.15, 0.2) is 23.6 Å². The first kappa shape index (κ1) is 23.2. The predicted molar refractivity (Wildman–Crippen MR) is 109 cm³/mol. The zero-order valence-corrected chi connectivity index (χ0v) is 18.6. The number of thiazole rings is 1. The van der Waals surface area contributed by atoms with Gasteiger partial charge in [0.15, 0.2) is 0 Å². The summed E-state index contributed by atoms with van der Waals surface area (Å²) in [7, 11) is 0. The van der Waals surface area contributed by atoms with Crippen molar-refractivity contribution in [1.29, 1.82) is 0 Å². The van der Waals surface area contributed by atoms with E-state index in [1.165, 1.54) is 29.5 Å². The zero-order valence-electron chi connectivity index (χ0n) is 17.0. The van der Waals surface area contributed by atoms with Crippen molar-refractivity contribution in [3.8, 4) is 5.75 Å². The van der Waals surface area contributed by atoms with Gasteiger partial charge in [-0.25, -0.2) is 4.98 Å². The number of halogens is 4. The number of fused-ring (bicyclic) bond motifs is 1. The molecule has 0 spiro atoms. The Morgan fingerprint density at radius 1 is 1.41 bits per heavy atom. The van der Waals surface area contributed by atoms with Gasteiger partial charge in [-0.15, -0.1) is 24.5 Å². The van der Waals surface area contributed by atoms with Crippen molar-refractivity contribution >= 4 is 28.8 Å². The van der Waals surface area contributed by atoms with Crippen LogP contribution < -0.4 is 4.74 Å². The van der Waals surface area contributed by atoms with Crippen LogP contribution in [0.1, 0.15) is 27.5 Å². The number of alkyl halides is 3. The molecule has 1 amide bonds. The van der Waals surface area contributed by atoms with Gasteiger partial charge in [-0.2, -0.15) is 0 Å². The van der Waals surface area contributed by atoms with Crippen molar-refractivity contribution in [3.05, 3.63) is 44.9 Å². The molecule has 7 nitrogen and oxygen atoms in total. The lowest BCUT2D eigenvalue weighted by Gasteiger charge is -2.40. The summed E-state index contributed by atoms with van der Waals surface area (Å²) in [6.07, 6.45) is -4.52. The normalized spacial score (nSPS) is 23.3. The number of hydrogen-bond acceptors (Lipinski definition) is 7. The Morgan fingerprint density at radius 2 is 2.22 bits per heavy atom. The largest absolute Gasteiger partial charge is 0.522 e. The van der Waals surface area contributed by atoms with Crippen molar-refractivity contribution in [3.63, 3.8) is 0 Å². The van der Waals surface area contributed by atoms with Gasteiger partial charge in [0.25, 0.3) is 5.91 Å². The first-order chi connectivity index (χ1) is 15.2. The fourth-order valence-electron chi connectivity index (χ4n) is 3.83. The molecular weight excluding hydrogens is 473 g/mol. The number of carbonyl (C=O) groups excluding carboxylic acids is 1. The van der Waals surface area contributed by atoms with E-state index in [1.807, 2.05) is 12.3 Å². The number of nitrogens with zero attached hydrogens (tertiary/aromatic N) is 2. The molecule has 2 aromatic rings. The molecule has 2 fully saturated rings. The molecule has 0 bridgehead atoms. The molecule has 32 heavy (non-hydrogen) atoms. The van der Waals surface area contributed by atoms with E-state index in [-0.39, 0.29) is 36.2 Å². The predicted octanol–water partition coefficient (Wildman–Crippen LogP) is 4.13. The smallest absolute Gasteiger partial charge is 0.490 e. The quantitative estimate of drug-likeness (QED) is 0.565. The molecule has 2 unspecified atom stereocenters. The van der Waals surface area contributed by atoms with Crippen LogP contribution in [0.2, 0.25) is 5.02 Å². The molecule has 3 heterocycles. The van der Waals surface area contributed by atoms with Gasteiger partial charge in [-0.05, 0) is 25.1 Å². The summed E-state index contributed by atoms with van der Waals surface area (Å²) in [5.74, 6) is -0.0736. The van der Waals surface area contributed by atoms with Crippen LogP contribution in [-0.4, -0.2) is 61.4 Å². The maximum Gasteiger partial charge on any atom is 0.522 e. The number of ether oxygens (including phenoxy) is 4. The second kappa shape index (κ2) is 9.14. The zero-order chi connectivity index (χ0) is 22.9. The van der Waals surface area contributed by atoms with Crippen molar-refractivity contribution in [2.24, 2.45) is 0 Å². The van der Waals surface area contributed by atoms with Crippen LogP contribution in [0.3, 0.4) is 0 Å². The average Bonchev–Trinajstić information content (AvgIpc) is 3.37. The van der Waals surface area contributed by atoms with E-state index in [2.05, 4.69) is 9.72 Å². The number of hydrogen-bond donors (Lipinski definition) is 0. The van der Waals surface area contributed by atoms with E-state index in [0.717, 1.165) is 10.7 Å². The molecule has 0 aliphatic carbocycles. The summed E-state index contributed by atoms with van der Waals surface area (Å²) >= 11 is 7.70. The monoisotopic (exact) mass is 492 g/mol. The summed E-state index contributed by atoms with van der Waals surface area (Å²) < 4.78 is 56.6. The fourth-order valence-corrected chi connectivity index (χ4v) is 4.75. The maximum absolute atomic E-state index is 13.0. The fraction of sp³-hybridized carbons (Fsp3) is 0.500. The molecular formula is C20H20ClF3N2O5S. The number of rotatable bonds is 6. The van der Waals surface area contributed by atoms with Crippen molar-refractivity contribution in [2.45, 2.75) is 31.4 Å². The van der Waals surface area contributed by atoms with Gasteiger partial charge in [0.1, 0.15) is 30.9 Å². The third kappa shape index (κ3) is 4.86. The maximum atomic E-state index is 13.0. The summed E-state index contributed by atoms with van der Waals surface area (Å²) in [4.78, 5) is 19.3. The number of aryl methyl sites for hydroxylation is 1. The standard InChI is InChI=1S/C20H20ClF3N2O5S/c1-12-25-16(10-32-12)19-4-5-26(9-17(19)29-11-31-19)18(27)13-2-3-15(14(21)8-13)28-6-7-30-20(22,23)24/h2-3,8,10,17H,4-7,9,11H2,1H3. The van der Waals surface area contributed by atoms with E-state index in [9.17, 15) is 18.0 Å². The summed E-state index contributed by atoms with van der Waals surface area (Å²) in [5.41, 5.74) is 0.508. The van der Waals surface area contributed by atoms with Crippen molar-refractivity contribution < 1.29 is 36.9 Å². The van der Waals surface area contributed by atoms with E-state index >= 15 is 0 Å². The van der Waals surface area contributed by atoms with Crippen molar-refractivity contribution in [1.82, 2.24) is 9.88 Å². The number of aromatic nitrogens is 1. The van der Waals surface area contributed by atoms with Crippen LogP contribution in [0, 0.1) is 6.92 Å². The Labute approximate surface area is 191 Å². The molecule has 1 aromatic carbocycles. The minimum absolute atomic E-state index is 0.118. The molecule has 2 aliphatic heterocycles. The van der Waals surface area contributed by atoms with E-state index in [4.69, 9.17) is 25.8 Å². The Balaban J connectivity index is 1.39. The number of carbonyl (C=O) groups is 1. The van der Waals surface area contributed by atoms with E-state index in [1.54, 1.807) is 4.90 Å². The lowest BCUT2D eigenvalue weighted by Crippen LogP contribution is -2.53.